The van der Waals surface area contributed by atoms with Crippen LogP contribution in [0, 0.1) is 6.92 Å². The van der Waals surface area contributed by atoms with Crippen LogP contribution in [-0.2, 0) is 4.18 Å². The number of anilines is 1. The van der Waals surface area contributed by atoms with Gasteiger partial charge in [-0.2, -0.15) is 0 Å². The molecular weight excluding hydrogens is 158 g/mol. The summed E-state index contributed by atoms with van der Waals surface area (Å²) in [5.74, 6) is 0. The van der Waals surface area contributed by atoms with Gasteiger partial charge < -0.3 is 8.91 Å². The third kappa shape index (κ3) is 2.82. The van der Waals surface area contributed by atoms with Crippen LogP contribution in [0.2, 0.25) is 0 Å². The standard InChI is InChI=1S/C8H11NOS/c1-7-3-5-8(6-4-7)9-11-10-2/h3-6,9H,1-2H3. The van der Waals surface area contributed by atoms with E-state index in [1.54, 1.807) is 7.11 Å². The Bertz CT molecular complexity index is 210. The lowest BCUT2D eigenvalue weighted by molar-refractivity contribution is 0.492. The van der Waals surface area contributed by atoms with Crippen molar-refractivity contribution in [2.75, 3.05) is 11.8 Å². The monoisotopic (exact) mass is 169 g/mol. The number of nitrogens with one attached hydrogen (secondary N) is 1. The molecule has 0 aliphatic rings. The van der Waals surface area contributed by atoms with E-state index in [4.69, 9.17) is 4.18 Å². The van der Waals surface area contributed by atoms with Crippen LogP contribution in [0.1, 0.15) is 5.56 Å². The van der Waals surface area contributed by atoms with Crippen molar-refractivity contribution in [2.24, 2.45) is 0 Å². The van der Waals surface area contributed by atoms with Crippen LogP contribution in [-0.4, -0.2) is 7.11 Å². The maximum absolute atomic E-state index is 4.78. The van der Waals surface area contributed by atoms with E-state index in [9.17, 15) is 0 Å². The molecule has 1 aromatic carbocycles. The molecule has 1 rings (SSSR count). The van der Waals surface area contributed by atoms with Gasteiger partial charge in [0.25, 0.3) is 0 Å². The van der Waals surface area contributed by atoms with Crippen LogP contribution in [0.5, 0.6) is 0 Å². The quantitative estimate of drug-likeness (QED) is 0.555. The Kier molecular flexibility index (Phi) is 3.26. The van der Waals surface area contributed by atoms with Gasteiger partial charge in [0.05, 0.1) is 7.11 Å². The van der Waals surface area contributed by atoms with E-state index in [2.05, 4.69) is 23.8 Å². The average molecular weight is 169 g/mol. The molecule has 0 atom stereocenters. The zero-order valence-corrected chi connectivity index (χ0v) is 7.44. The SMILES string of the molecule is COSNc1ccc(C)cc1. The lowest BCUT2D eigenvalue weighted by Gasteiger charge is -2.01. The van der Waals surface area contributed by atoms with Crippen LogP contribution >= 0.6 is 12.2 Å². The van der Waals surface area contributed by atoms with Gasteiger partial charge in [-0.25, -0.2) is 0 Å². The van der Waals surface area contributed by atoms with E-state index < -0.39 is 0 Å². The first kappa shape index (κ1) is 8.43. The minimum atomic E-state index is 1.06. The molecule has 0 unspecified atom stereocenters. The zero-order chi connectivity index (χ0) is 8.10. The first-order chi connectivity index (χ1) is 5.33. The second kappa shape index (κ2) is 4.26. The number of benzene rings is 1. The average Bonchev–Trinajstić information content (AvgIpc) is 2.04. The Balaban J connectivity index is 2.52. The molecule has 0 spiro atoms. The summed E-state index contributed by atoms with van der Waals surface area (Å²) < 4.78 is 7.80. The Morgan fingerprint density at radius 3 is 2.45 bits per heavy atom. The van der Waals surface area contributed by atoms with Crippen molar-refractivity contribution in [3.63, 3.8) is 0 Å². The molecule has 2 nitrogen and oxygen atoms in total. The molecule has 1 aromatic rings. The third-order valence-electron chi connectivity index (χ3n) is 1.29. The molecule has 3 heteroatoms. The molecule has 1 N–H and O–H groups in total. The van der Waals surface area contributed by atoms with E-state index in [1.165, 1.54) is 17.8 Å². The van der Waals surface area contributed by atoms with Gasteiger partial charge in [-0.15, -0.1) is 0 Å². The largest absolute Gasteiger partial charge is 0.307 e. The van der Waals surface area contributed by atoms with E-state index in [0.717, 1.165) is 5.69 Å². The summed E-state index contributed by atoms with van der Waals surface area (Å²) in [6.45, 7) is 2.06. The third-order valence-corrected chi connectivity index (χ3v) is 1.78. The van der Waals surface area contributed by atoms with Crippen LogP contribution in [0.15, 0.2) is 24.3 Å². The lowest BCUT2D eigenvalue weighted by atomic mass is 10.2. The Labute approximate surface area is 71.3 Å². The van der Waals surface area contributed by atoms with Crippen LogP contribution in [0.3, 0.4) is 0 Å². The van der Waals surface area contributed by atoms with Crippen molar-refractivity contribution in [3.8, 4) is 0 Å². The van der Waals surface area contributed by atoms with E-state index in [-0.39, 0.29) is 0 Å². The van der Waals surface area contributed by atoms with Crippen LogP contribution in [0.25, 0.3) is 0 Å². The Hall–Kier alpha value is -0.670. The first-order valence-corrected chi connectivity index (χ1v) is 4.09. The summed E-state index contributed by atoms with van der Waals surface area (Å²) in [4.78, 5) is 0. The second-order valence-corrected chi connectivity index (χ2v) is 2.92. The fourth-order valence-electron chi connectivity index (χ4n) is 0.711. The lowest BCUT2D eigenvalue weighted by Crippen LogP contribution is -1.85. The van der Waals surface area contributed by atoms with Crippen molar-refractivity contribution in [2.45, 2.75) is 6.92 Å². The maximum Gasteiger partial charge on any atom is 0.111 e. The number of hydrogen-bond acceptors (Lipinski definition) is 3. The van der Waals surface area contributed by atoms with Gasteiger partial charge in [-0.05, 0) is 19.1 Å². The van der Waals surface area contributed by atoms with Crippen molar-refractivity contribution in [1.29, 1.82) is 0 Å². The molecule has 0 saturated heterocycles. The minimum Gasteiger partial charge on any atom is -0.307 e. The summed E-state index contributed by atoms with van der Waals surface area (Å²) in [6.07, 6.45) is 0. The highest BCUT2D eigenvalue weighted by molar-refractivity contribution is 7.95. The number of aryl methyl sites for hydroxylation is 1. The van der Waals surface area contributed by atoms with Gasteiger partial charge in [-0.1, -0.05) is 17.7 Å². The molecule has 0 aliphatic carbocycles. The van der Waals surface area contributed by atoms with Gasteiger partial charge in [0.2, 0.25) is 0 Å². The van der Waals surface area contributed by atoms with E-state index in [1.807, 2.05) is 12.1 Å². The highest BCUT2D eigenvalue weighted by atomic mass is 32.2. The Morgan fingerprint density at radius 1 is 1.27 bits per heavy atom. The minimum absolute atomic E-state index is 1.06. The van der Waals surface area contributed by atoms with E-state index >= 15 is 0 Å². The predicted molar refractivity (Wildman–Crippen MR) is 49.4 cm³/mol. The van der Waals surface area contributed by atoms with Crippen molar-refractivity contribution >= 4 is 17.9 Å². The summed E-state index contributed by atoms with van der Waals surface area (Å²) in [5.41, 5.74) is 2.32. The van der Waals surface area contributed by atoms with Gasteiger partial charge in [0.1, 0.15) is 12.2 Å². The molecular formula is C8H11NOS. The molecule has 0 fully saturated rings. The molecule has 0 amide bonds. The first-order valence-electron chi connectivity index (χ1n) is 3.35. The maximum atomic E-state index is 4.78. The highest BCUT2D eigenvalue weighted by Crippen LogP contribution is 2.12. The Morgan fingerprint density at radius 2 is 1.91 bits per heavy atom. The fraction of sp³-hybridized carbons (Fsp3) is 0.250. The number of rotatable bonds is 3. The van der Waals surface area contributed by atoms with Gasteiger partial charge >= 0.3 is 0 Å². The number of hydrogen-bond donors (Lipinski definition) is 1. The smallest absolute Gasteiger partial charge is 0.111 e. The second-order valence-electron chi connectivity index (χ2n) is 2.22. The normalized spacial score (nSPS) is 9.64. The van der Waals surface area contributed by atoms with Crippen molar-refractivity contribution in [1.82, 2.24) is 0 Å². The fourth-order valence-corrected chi connectivity index (χ4v) is 1.03. The topological polar surface area (TPSA) is 21.3 Å². The predicted octanol–water partition coefficient (Wildman–Crippen LogP) is 2.62. The molecule has 0 aromatic heterocycles. The molecule has 0 radical (unpaired) electrons. The van der Waals surface area contributed by atoms with Crippen LogP contribution < -0.4 is 4.72 Å². The molecule has 0 bridgehead atoms. The van der Waals surface area contributed by atoms with Gasteiger partial charge in [-0.3, -0.25) is 0 Å². The molecule has 0 saturated carbocycles. The van der Waals surface area contributed by atoms with Crippen molar-refractivity contribution < 1.29 is 4.18 Å². The molecule has 0 aliphatic heterocycles. The zero-order valence-electron chi connectivity index (χ0n) is 6.63. The highest BCUT2D eigenvalue weighted by Gasteiger charge is 1.88. The molecule has 11 heavy (non-hydrogen) atoms. The van der Waals surface area contributed by atoms with Gasteiger partial charge in [0.15, 0.2) is 0 Å². The van der Waals surface area contributed by atoms with E-state index in [0.29, 0.717) is 0 Å². The summed E-state index contributed by atoms with van der Waals surface area (Å²) in [7, 11) is 1.63. The summed E-state index contributed by atoms with van der Waals surface area (Å²) in [6, 6.07) is 8.14. The van der Waals surface area contributed by atoms with Gasteiger partial charge in [0, 0.05) is 5.69 Å². The summed E-state index contributed by atoms with van der Waals surface area (Å²) in [5, 5.41) is 0. The molecule has 60 valence electrons. The van der Waals surface area contributed by atoms with Crippen molar-refractivity contribution in [3.05, 3.63) is 29.8 Å². The molecule has 0 heterocycles. The summed E-state index contributed by atoms with van der Waals surface area (Å²) >= 11 is 1.22. The van der Waals surface area contributed by atoms with Crippen LogP contribution in [0.4, 0.5) is 5.69 Å².